The van der Waals surface area contributed by atoms with Crippen molar-refractivity contribution in [3.8, 4) is 22.6 Å². The Morgan fingerprint density at radius 3 is 2.28 bits per heavy atom. The molecular formula is C26H22O3. The van der Waals surface area contributed by atoms with Crippen LogP contribution in [0.3, 0.4) is 0 Å². The van der Waals surface area contributed by atoms with Crippen LogP contribution in [0.25, 0.3) is 21.9 Å². The van der Waals surface area contributed by atoms with E-state index in [0.29, 0.717) is 5.75 Å². The molecular weight excluding hydrogens is 360 g/mol. The summed E-state index contributed by atoms with van der Waals surface area (Å²) in [7, 11) is 0. The van der Waals surface area contributed by atoms with Gasteiger partial charge < -0.3 is 9.84 Å². The van der Waals surface area contributed by atoms with Gasteiger partial charge in [-0.25, -0.2) is 4.79 Å². The third kappa shape index (κ3) is 3.85. The number of rotatable bonds is 4. The molecule has 0 aliphatic rings. The van der Waals surface area contributed by atoms with Gasteiger partial charge in [0.15, 0.2) is 0 Å². The molecule has 29 heavy (non-hydrogen) atoms. The molecule has 0 saturated heterocycles. The molecule has 0 bridgehead atoms. The minimum atomic E-state index is -0.567. The second-order valence-corrected chi connectivity index (χ2v) is 7.38. The largest absolute Gasteiger partial charge is 0.507 e. The number of hydrogen-bond donors (Lipinski definition) is 1. The molecule has 3 nitrogen and oxygen atoms in total. The highest BCUT2D eigenvalue weighted by molar-refractivity contribution is 6.00. The number of para-hydroxylation sites is 1. The summed E-state index contributed by atoms with van der Waals surface area (Å²) in [5.41, 5.74) is 3.25. The summed E-state index contributed by atoms with van der Waals surface area (Å²) < 4.78 is 5.64. The zero-order valence-electron chi connectivity index (χ0n) is 16.4. The van der Waals surface area contributed by atoms with Crippen LogP contribution in [0.4, 0.5) is 0 Å². The normalized spacial score (nSPS) is 11.0. The predicted octanol–water partition coefficient (Wildman–Crippen LogP) is 6.56. The molecule has 0 unspecified atom stereocenters. The zero-order chi connectivity index (χ0) is 20.4. The van der Waals surface area contributed by atoms with Crippen LogP contribution in [-0.2, 0) is 0 Å². The first kappa shape index (κ1) is 18.8. The maximum Gasteiger partial charge on any atom is 0.347 e. The Morgan fingerprint density at radius 2 is 1.52 bits per heavy atom. The van der Waals surface area contributed by atoms with Crippen molar-refractivity contribution in [2.24, 2.45) is 0 Å². The average Bonchev–Trinajstić information content (AvgIpc) is 2.73. The van der Waals surface area contributed by atoms with Crippen molar-refractivity contribution in [2.75, 3.05) is 0 Å². The molecule has 0 aliphatic heterocycles. The van der Waals surface area contributed by atoms with Crippen molar-refractivity contribution in [3.05, 3.63) is 96.1 Å². The Bertz CT molecular complexity index is 1180. The van der Waals surface area contributed by atoms with E-state index in [4.69, 9.17) is 4.74 Å². The number of carbonyl (C=O) groups is 1. The molecule has 1 N–H and O–H groups in total. The molecule has 0 fully saturated rings. The summed E-state index contributed by atoms with van der Waals surface area (Å²) in [5, 5.41) is 12.2. The topological polar surface area (TPSA) is 46.5 Å². The van der Waals surface area contributed by atoms with Gasteiger partial charge in [0.25, 0.3) is 0 Å². The van der Waals surface area contributed by atoms with Gasteiger partial charge in [0, 0.05) is 0 Å². The van der Waals surface area contributed by atoms with Crippen LogP contribution in [0.2, 0.25) is 0 Å². The minimum Gasteiger partial charge on any atom is -0.507 e. The number of fused-ring (bicyclic) bond motifs is 1. The Kier molecular flexibility index (Phi) is 5.05. The molecule has 4 aromatic carbocycles. The third-order valence-electron chi connectivity index (χ3n) is 5.03. The van der Waals surface area contributed by atoms with Gasteiger partial charge in [0.2, 0.25) is 0 Å². The van der Waals surface area contributed by atoms with E-state index in [1.165, 1.54) is 0 Å². The van der Waals surface area contributed by atoms with Crippen molar-refractivity contribution in [1.29, 1.82) is 0 Å². The Labute approximate surface area is 170 Å². The first-order chi connectivity index (χ1) is 14.0. The average molecular weight is 382 g/mol. The predicted molar refractivity (Wildman–Crippen MR) is 117 cm³/mol. The van der Waals surface area contributed by atoms with Crippen LogP contribution in [0.15, 0.2) is 84.9 Å². The summed E-state index contributed by atoms with van der Waals surface area (Å²) in [5.74, 6) is 0.0854. The first-order valence-electron chi connectivity index (χ1n) is 9.66. The first-order valence-corrected chi connectivity index (χ1v) is 9.66. The standard InChI is InChI=1S/C26H22O3/c1-17(2)22-10-6-7-11-25(22)29-26(28)23-15-21-14-19(18-8-4-3-5-9-18)12-13-20(21)16-24(23)27/h3-17,27H,1-2H3. The lowest BCUT2D eigenvalue weighted by Gasteiger charge is -2.13. The van der Waals surface area contributed by atoms with Crippen LogP contribution in [0, 0.1) is 0 Å². The number of aromatic hydroxyl groups is 1. The number of phenolic OH excluding ortho intramolecular Hbond substituents is 1. The van der Waals surface area contributed by atoms with Gasteiger partial charge in [0.1, 0.15) is 17.1 Å². The van der Waals surface area contributed by atoms with E-state index < -0.39 is 5.97 Å². The van der Waals surface area contributed by atoms with Gasteiger partial charge in [-0.15, -0.1) is 0 Å². The van der Waals surface area contributed by atoms with Crippen molar-refractivity contribution < 1.29 is 14.6 Å². The van der Waals surface area contributed by atoms with E-state index in [1.807, 2.05) is 80.6 Å². The van der Waals surface area contributed by atoms with Crippen molar-refractivity contribution in [2.45, 2.75) is 19.8 Å². The van der Waals surface area contributed by atoms with E-state index in [1.54, 1.807) is 18.2 Å². The molecule has 4 aromatic rings. The highest BCUT2D eigenvalue weighted by Crippen LogP contribution is 2.31. The number of benzene rings is 4. The van der Waals surface area contributed by atoms with E-state index in [9.17, 15) is 9.90 Å². The van der Waals surface area contributed by atoms with Crippen LogP contribution in [0.1, 0.15) is 35.7 Å². The Hall–Kier alpha value is -3.59. The van der Waals surface area contributed by atoms with Crippen molar-refractivity contribution >= 4 is 16.7 Å². The minimum absolute atomic E-state index is 0.0861. The van der Waals surface area contributed by atoms with Crippen LogP contribution in [0.5, 0.6) is 11.5 Å². The molecule has 0 heterocycles. The lowest BCUT2D eigenvalue weighted by Crippen LogP contribution is -2.10. The Morgan fingerprint density at radius 1 is 0.793 bits per heavy atom. The van der Waals surface area contributed by atoms with Crippen molar-refractivity contribution in [1.82, 2.24) is 0 Å². The van der Waals surface area contributed by atoms with Gasteiger partial charge in [-0.1, -0.05) is 74.5 Å². The van der Waals surface area contributed by atoms with E-state index >= 15 is 0 Å². The van der Waals surface area contributed by atoms with E-state index in [2.05, 4.69) is 0 Å². The maximum atomic E-state index is 12.8. The van der Waals surface area contributed by atoms with Gasteiger partial charge in [-0.3, -0.25) is 0 Å². The Balaban J connectivity index is 1.72. The smallest absolute Gasteiger partial charge is 0.347 e. The maximum absolute atomic E-state index is 12.8. The molecule has 0 amide bonds. The number of carbonyl (C=O) groups excluding carboxylic acids is 1. The molecule has 0 atom stereocenters. The highest BCUT2D eigenvalue weighted by atomic mass is 16.5. The van der Waals surface area contributed by atoms with Gasteiger partial charge in [-0.2, -0.15) is 0 Å². The zero-order valence-corrected chi connectivity index (χ0v) is 16.4. The summed E-state index contributed by atoms with van der Waals surface area (Å²) in [6.07, 6.45) is 0. The number of ether oxygens (including phenoxy) is 1. The number of esters is 1. The molecule has 3 heteroatoms. The number of phenols is 1. The fraction of sp³-hybridized carbons (Fsp3) is 0.115. The second-order valence-electron chi connectivity index (χ2n) is 7.38. The summed E-state index contributed by atoms with van der Waals surface area (Å²) in [6, 6.07) is 26.8. The third-order valence-corrected chi connectivity index (χ3v) is 5.03. The van der Waals surface area contributed by atoms with Gasteiger partial charge >= 0.3 is 5.97 Å². The molecule has 144 valence electrons. The molecule has 0 saturated carbocycles. The molecule has 0 spiro atoms. The summed E-state index contributed by atoms with van der Waals surface area (Å²) >= 11 is 0. The van der Waals surface area contributed by atoms with Crippen LogP contribution >= 0.6 is 0 Å². The highest BCUT2D eigenvalue weighted by Gasteiger charge is 2.17. The van der Waals surface area contributed by atoms with Gasteiger partial charge in [0.05, 0.1) is 0 Å². The molecule has 0 aromatic heterocycles. The van der Waals surface area contributed by atoms with Crippen LogP contribution < -0.4 is 4.74 Å². The number of hydrogen-bond acceptors (Lipinski definition) is 3. The van der Waals surface area contributed by atoms with E-state index in [-0.39, 0.29) is 17.2 Å². The second kappa shape index (κ2) is 7.80. The lowest BCUT2D eigenvalue weighted by atomic mass is 9.99. The molecule has 4 rings (SSSR count). The fourth-order valence-corrected chi connectivity index (χ4v) is 3.46. The summed E-state index contributed by atoms with van der Waals surface area (Å²) in [6.45, 7) is 4.09. The SMILES string of the molecule is CC(C)c1ccccc1OC(=O)c1cc2cc(-c3ccccc3)ccc2cc1O. The quantitative estimate of drug-likeness (QED) is 0.321. The fourth-order valence-electron chi connectivity index (χ4n) is 3.46. The summed E-state index contributed by atoms with van der Waals surface area (Å²) in [4.78, 5) is 12.8. The monoisotopic (exact) mass is 382 g/mol. The van der Waals surface area contributed by atoms with Gasteiger partial charge in [-0.05, 0) is 57.6 Å². The molecule has 0 radical (unpaired) electrons. The molecule has 0 aliphatic carbocycles. The lowest BCUT2D eigenvalue weighted by molar-refractivity contribution is 0.0730. The van der Waals surface area contributed by atoms with Crippen LogP contribution in [-0.4, -0.2) is 11.1 Å². The van der Waals surface area contributed by atoms with Crippen molar-refractivity contribution in [3.63, 3.8) is 0 Å². The van der Waals surface area contributed by atoms with E-state index in [0.717, 1.165) is 27.5 Å².